The first-order valence-corrected chi connectivity index (χ1v) is 8.93. The van der Waals surface area contributed by atoms with Gasteiger partial charge in [0.05, 0.1) is 10.7 Å². The number of hydrogen-bond acceptors (Lipinski definition) is 5. The normalized spacial score (nSPS) is 19.6. The highest BCUT2D eigenvalue weighted by Crippen LogP contribution is 2.22. The lowest BCUT2D eigenvalue weighted by Crippen LogP contribution is -2.33. The Labute approximate surface area is 131 Å². The van der Waals surface area contributed by atoms with Crippen molar-refractivity contribution in [1.29, 1.82) is 0 Å². The first-order valence-electron chi connectivity index (χ1n) is 6.63. The van der Waals surface area contributed by atoms with E-state index >= 15 is 0 Å². The number of nitrogens with one attached hydrogen (secondary N) is 2. The van der Waals surface area contributed by atoms with Crippen LogP contribution < -0.4 is 10.0 Å². The van der Waals surface area contributed by atoms with Gasteiger partial charge in [-0.15, -0.1) is 23.7 Å². The molecule has 0 aromatic carbocycles. The Bertz CT molecular complexity index is 525. The minimum absolute atomic E-state index is 0. The Kier molecular flexibility index (Phi) is 6.87. The van der Waals surface area contributed by atoms with Crippen LogP contribution in [-0.2, 0) is 10.0 Å². The smallest absolute Gasteiger partial charge is 0.251 e. The number of aryl methyl sites for hydroxylation is 2. The van der Waals surface area contributed by atoms with Crippen molar-refractivity contribution in [2.75, 3.05) is 19.6 Å². The van der Waals surface area contributed by atoms with Crippen molar-refractivity contribution < 1.29 is 8.42 Å². The molecule has 0 amide bonds. The van der Waals surface area contributed by atoms with E-state index in [-0.39, 0.29) is 12.4 Å². The fourth-order valence-electron chi connectivity index (χ4n) is 2.40. The van der Waals surface area contributed by atoms with Gasteiger partial charge in [0.2, 0.25) is 0 Å². The molecule has 0 bridgehead atoms. The summed E-state index contributed by atoms with van der Waals surface area (Å²) in [7, 11) is -3.39. The lowest BCUT2D eigenvalue weighted by atomic mass is 9.96. The molecule has 1 unspecified atom stereocenters. The van der Waals surface area contributed by atoms with Crippen LogP contribution in [0, 0.1) is 19.8 Å². The monoisotopic (exact) mass is 339 g/mol. The molecular weight excluding hydrogens is 318 g/mol. The molecule has 8 heteroatoms. The van der Waals surface area contributed by atoms with E-state index in [0.717, 1.165) is 24.5 Å². The molecule has 2 heterocycles. The van der Waals surface area contributed by atoms with Gasteiger partial charge in [-0.25, -0.2) is 18.1 Å². The van der Waals surface area contributed by atoms with E-state index < -0.39 is 10.0 Å². The minimum atomic E-state index is -3.39. The van der Waals surface area contributed by atoms with E-state index in [4.69, 9.17) is 0 Å². The molecular formula is C12H22ClN3O2S2. The summed E-state index contributed by atoms with van der Waals surface area (Å²) in [5.74, 6) is 0.584. The topological polar surface area (TPSA) is 71.1 Å². The van der Waals surface area contributed by atoms with Gasteiger partial charge in [0.15, 0.2) is 4.21 Å². The Hall–Kier alpha value is -0.210. The summed E-state index contributed by atoms with van der Waals surface area (Å²) in [4.78, 5) is 4.16. The maximum absolute atomic E-state index is 12.2. The Morgan fingerprint density at radius 1 is 1.45 bits per heavy atom. The molecule has 1 atom stereocenters. The van der Waals surface area contributed by atoms with E-state index in [9.17, 15) is 8.42 Å². The van der Waals surface area contributed by atoms with Crippen molar-refractivity contribution in [3.63, 3.8) is 0 Å². The molecule has 1 aliphatic heterocycles. The van der Waals surface area contributed by atoms with Crippen LogP contribution in [0.15, 0.2) is 4.21 Å². The van der Waals surface area contributed by atoms with Crippen LogP contribution in [0.4, 0.5) is 0 Å². The highest BCUT2D eigenvalue weighted by Gasteiger charge is 2.21. The summed E-state index contributed by atoms with van der Waals surface area (Å²) >= 11 is 1.23. The molecule has 5 nitrogen and oxygen atoms in total. The molecule has 1 saturated heterocycles. The average Bonchev–Trinajstić information content (AvgIpc) is 2.70. The highest BCUT2D eigenvalue weighted by atomic mass is 35.5. The lowest BCUT2D eigenvalue weighted by molar-refractivity contribution is 0.358. The summed E-state index contributed by atoms with van der Waals surface area (Å²) in [5.41, 5.74) is 0.592. The van der Waals surface area contributed by atoms with E-state index in [1.54, 1.807) is 6.92 Å². The molecule has 0 spiro atoms. The van der Waals surface area contributed by atoms with Crippen LogP contribution in [0.3, 0.4) is 0 Å². The molecule has 1 aromatic rings. The van der Waals surface area contributed by atoms with Gasteiger partial charge in [0, 0.05) is 6.54 Å². The number of sulfonamides is 1. The van der Waals surface area contributed by atoms with Gasteiger partial charge in [-0.3, -0.25) is 0 Å². The molecule has 0 aliphatic carbocycles. The predicted molar refractivity (Wildman–Crippen MR) is 84.2 cm³/mol. The summed E-state index contributed by atoms with van der Waals surface area (Å²) < 4.78 is 27.3. The number of piperidine rings is 1. The maximum atomic E-state index is 12.2. The molecule has 2 rings (SSSR count). The highest BCUT2D eigenvalue weighted by molar-refractivity contribution is 7.91. The molecule has 116 valence electrons. The maximum Gasteiger partial charge on any atom is 0.251 e. The van der Waals surface area contributed by atoms with Crippen LogP contribution in [0.1, 0.15) is 30.0 Å². The van der Waals surface area contributed by atoms with E-state index in [0.29, 0.717) is 22.4 Å². The third-order valence-electron chi connectivity index (χ3n) is 3.35. The molecule has 0 radical (unpaired) electrons. The minimum Gasteiger partial charge on any atom is -0.316 e. The Balaban J connectivity index is 0.00000200. The third-order valence-corrected chi connectivity index (χ3v) is 6.49. The second kappa shape index (κ2) is 7.70. The molecule has 20 heavy (non-hydrogen) atoms. The van der Waals surface area contributed by atoms with Crippen LogP contribution in [0.25, 0.3) is 0 Å². The standard InChI is InChI=1S/C12H21N3O2S2.ClH/c1-9-12(18-10(2)15-9)19(16,17)14-7-5-11-4-3-6-13-8-11;/h11,13-14H,3-8H2,1-2H3;1H. The van der Waals surface area contributed by atoms with Gasteiger partial charge in [0.1, 0.15) is 0 Å². The van der Waals surface area contributed by atoms with E-state index in [2.05, 4.69) is 15.0 Å². The van der Waals surface area contributed by atoms with Crippen LogP contribution >= 0.6 is 23.7 Å². The first kappa shape index (κ1) is 17.8. The number of aromatic nitrogens is 1. The fraction of sp³-hybridized carbons (Fsp3) is 0.750. The number of hydrogen-bond donors (Lipinski definition) is 2. The van der Waals surface area contributed by atoms with Gasteiger partial charge >= 0.3 is 0 Å². The lowest BCUT2D eigenvalue weighted by Gasteiger charge is -2.22. The quantitative estimate of drug-likeness (QED) is 0.858. The summed E-state index contributed by atoms with van der Waals surface area (Å²) in [6.45, 7) is 6.15. The van der Waals surface area contributed by atoms with Crippen molar-refractivity contribution in [3.05, 3.63) is 10.7 Å². The first-order chi connectivity index (χ1) is 8.99. The summed E-state index contributed by atoms with van der Waals surface area (Å²) in [6.07, 6.45) is 3.26. The second-order valence-corrected chi connectivity index (χ2v) is 8.17. The third kappa shape index (κ3) is 4.66. The van der Waals surface area contributed by atoms with Crippen LogP contribution in [-0.4, -0.2) is 33.0 Å². The largest absolute Gasteiger partial charge is 0.316 e. The van der Waals surface area contributed by atoms with Gasteiger partial charge in [-0.05, 0) is 52.1 Å². The average molecular weight is 340 g/mol. The van der Waals surface area contributed by atoms with Crippen LogP contribution in [0.5, 0.6) is 0 Å². The number of thiazole rings is 1. The van der Waals surface area contributed by atoms with Gasteiger partial charge in [-0.2, -0.15) is 0 Å². The molecule has 1 aliphatic rings. The zero-order chi connectivity index (χ0) is 13.9. The van der Waals surface area contributed by atoms with Crippen molar-refractivity contribution in [3.8, 4) is 0 Å². The van der Waals surface area contributed by atoms with Crippen molar-refractivity contribution in [2.45, 2.75) is 37.3 Å². The summed E-state index contributed by atoms with van der Waals surface area (Å²) in [6, 6.07) is 0. The molecule has 0 saturated carbocycles. The van der Waals surface area contributed by atoms with E-state index in [1.165, 1.54) is 24.2 Å². The second-order valence-electron chi connectivity index (χ2n) is 5.00. The zero-order valence-corrected chi connectivity index (χ0v) is 14.3. The Morgan fingerprint density at radius 2 is 2.20 bits per heavy atom. The predicted octanol–water partition coefficient (Wildman–Crippen LogP) is 1.85. The SMILES string of the molecule is Cc1nc(C)c(S(=O)(=O)NCCC2CCCNC2)s1.Cl. The number of halogens is 1. The fourth-order valence-corrected chi connectivity index (χ4v) is 4.97. The van der Waals surface area contributed by atoms with Crippen molar-refractivity contribution >= 4 is 33.8 Å². The summed E-state index contributed by atoms with van der Waals surface area (Å²) in [5, 5.41) is 4.13. The number of nitrogens with zero attached hydrogens (tertiary/aromatic N) is 1. The number of rotatable bonds is 5. The van der Waals surface area contributed by atoms with Crippen molar-refractivity contribution in [2.24, 2.45) is 5.92 Å². The molecule has 1 aromatic heterocycles. The van der Waals surface area contributed by atoms with Gasteiger partial charge in [0.25, 0.3) is 10.0 Å². The van der Waals surface area contributed by atoms with Crippen molar-refractivity contribution in [1.82, 2.24) is 15.0 Å². The van der Waals surface area contributed by atoms with E-state index in [1.807, 2.05) is 6.92 Å². The van der Waals surface area contributed by atoms with Gasteiger partial charge < -0.3 is 5.32 Å². The Morgan fingerprint density at radius 3 is 2.75 bits per heavy atom. The van der Waals surface area contributed by atoms with Crippen LogP contribution in [0.2, 0.25) is 0 Å². The van der Waals surface area contributed by atoms with Gasteiger partial charge in [-0.1, -0.05) is 0 Å². The zero-order valence-electron chi connectivity index (χ0n) is 11.8. The molecule has 2 N–H and O–H groups in total. The molecule has 1 fully saturated rings.